The zero-order valence-electron chi connectivity index (χ0n) is 8.28. The lowest BCUT2D eigenvalue weighted by Crippen LogP contribution is -2.23. The third-order valence-corrected chi connectivity index (χ3v) is 2.75. The van der Waals surface area contributed by atoms with Crippen molar-refractivity contribution >= 4 is 10.1 Å². The van der Waals surface area contributed by atoms with Crippen LogP contribution in [0.2, 0.25) is 0 Å². The molecule has 0 spiro atoms. The standard InChI is InChI=1S/C8H19NO3S/c1-3-8(2)7-9-5-4-6-13(10,11)12/h8-9H,3-7H2,1-2H3,(H,10,11,12). The van der Waals surface area contributed by atoms with E-state index in [2.05, 4.69) is 19.2 Å². The van der Waals surface area contributed by atoms with Gasteiger partial charge in [0.15, 0.2) is 0 Å². The van der Waals surface area contributed by atoms with Crippen LogP contribution in [-0.4, -0.2) is 31.8 Å². The lowest BCUT2D eigenvalue weighted by Gasteiger charge is -2.08. The molecule has 1 atom stereocenters. The predicted molar refractivity (Wildman–Crippen MR) is 53.4 cm³/mol. The van der Waals surface area contributed by atoms with Crippen molar-refractivity contribution in [2.24, 2.45) is 5.92 Å². The minimum Gasteiger partial charge on any atom is -0.316 e. The van der Waals surface area contributed by atoms with Crippen molar-refractivity contribution in [1.29, 1.82) is 0 Å². The van der Waals surface area contributed by atoms with E-state index in [1.54, 1.807) is 0 Å². The maximum Gasteiger partial charge on any atom is 0.264 e. The molecule has 0 bridgehead atoms. The van der Waals surface area contributed by atoms with E-state index < -0.39 is 10.1 Å². The van der Waals surface area contributed by atoms with Crippen LogP contribution < -0.4 is 5.32 Å². The van der Waals surface area contributed by atoms with Crippen molar-refractivity contribution in [3.8, 4) is 0 Å². The first-order valence-corrected chi connectivity index (χ1v) is 6.22. The van der Waals surface area contributed by atoms with Crippen LogP contribution in [0.4, 0.5) is 0 Å². The van der Waals surface area contributed by atoms with Gasteiger partial charge in [0, 0.05) is 0 Å². The molecule has 0 radical (unpaired) electrons. The Balaban J connectivity index is 3.27. The summed E-state index contributed by atoms with van der Waals surface area (Å²) in [6.07, 6.45) is 1.58. The summed E-state index contributed by atoms with van der Waals surface area (Å²) in [5.41, 5.74) is 0. The normalized spacial score (nSPS) is 14.4. The molecule has 0 fully saturated rings. The quantitative estimate of drug-likeness (QED) is 0.483. The first kappa shape index (κ1) is 12.9. The van der Waals surface area contributed by atoms with Crippen molar-refractivity contribution in [3.63, 3.8) is 0 Å². The highest BCUT2D eigenvalue weighted by molar-refractivity contribution is 7.85. The molecular formula is C8H19NO3S. The molecule has 4 nitrogen and oxygen atoms in total. The molecule has 0 aliphatic heterocycles. The molecule has 0 aromatic heterocycles. The second-order valence-electron chi connectivity index (χ2n) is 3.36. The van der Waals surface area contributed by atoms with Gasteiger partial charge in [-0.2, -0.15) is 8.42 Å². The fourth-order valence-electron chi connectivity index (χ4n) is 0.872. The first-order chi connectivity index (χ1) is 5.95. The summed E-state index contributed by atoms with van der Waals surface area (Å²) < 4.78 is 29.0. The van der Waals surface area contributed by atoms with Crippen LogP contribution >= 0.6 is 0 Å². The topological polar surface area (TPSA) is 66.4 Å². The van der Waals surface area contributed by atoms with Crippen LogP contribution in [-0.2, 0) is 10.1 Å². The van der Waals surface area contributed by atoms with Gasteiger partial charge < -0.3 is 5.32 Å². The third-order valence-electron chi connectivity index (χ3n) is 1.95. The Labute approximate surface area is 80.5 Å². The van der Waals surface area contributed by atoms with E-state index in [-0.39, 0.29) is 5.75 Å². The second-order valence-corrected chi connectivity index (χ2v) is 4.93. The van der Waals surface area contributed by atoms with E-state index in [0.717, 1.165) is 13.0 Å². The fourth-order valence-corrected chi connectivity index (χ4v) is 1.38. The van der Waals surface area contributed by atoms with Crippen LogP contribution in [0.5, 0.6) is 0 Å². The van der Waals surface area contributed by atoms with Gasteiger partial charge >= 0.3 is 0 Å². The smallest absolute Gasteiger partial charge is 0.264 e. The molecule has 0 saturated heterocycles. The summed E-state index contributed by atoms with van der Waals surface area (Å²) in [4.78, 5) is 0. The maximum absolute atomic E-state index is 10.3. The molecule has 0 rings (SSSR count). The Kier molecular flexibility index (Phi) is 6.28. The maximum atomic E-state index is 10.3. The van der Waals surface area contributed by atoms with E-state index >= 15 is 0 Å². The van der Waals surface area contributed by atoms with E-state index in [1.807, 2.05) is 0 Å². The van der Waals surface area contributed by atoms with Gasteiger partial charge in [0.05, 0.1) is 5.75 Å². The highest BCUT2D eigenvalue weighted by Gasteiger charge is 2.03. The average Bonchev–Trinajstić information content (AvgIpc) is 2.01. The molecule has 80 valence electrons. The third kappa shape index (κ3) is 9.79. The molecule has 0 aromatic carbocycles. The highest BCUT2D eigenvalue weighted by atomic mass is 32.2. The molecule has 0 saturated carbocycles. The van der Waals surface area contributed by atoms with Crippen LogP contribution in [0.3, 0.4) is 0 Å². The summed E-state index contributed by atoms with van der Waals surface area (Å²) in [5.74, 6) is 0.464. The summed E-state index contributed by atoms with van der Waals surface area (Å²) in [7, 11) is -3.77. The lowest BCUT2D eigenvalue weighted by molar-refractivity contribution is 0.474. The molecule has 0 amide bonds. The molecule has 2 N–H and O–H groups in total. The van der Waals surface area contributed by atoms with Gasteiger partial charge in [0.2, 0.25) is 0 Å². The molecular weight excluding hydrogens is 190 g/mol. The van der Waals surface area contributed by atoms with Crippen molar-refractivity contribution in [1.82, 2.24) is 5.32 Å². The van der Waals surface area contributed by atoms with Crippen LogP contribution in [0.1, 0.15) is 26.7 Å². The number of hydrogen-bond acceptors (Lipinski definition) is 3. The van der Waals surface area contributed by atoms with Gasteiger partial charge in [0.1, 0.15) is 0 Å². The second kappa shape index (κ2) is 6.34. The molecule has 0 aliphatic carbocycles. The molecule has 0 aromatic rings. The molecule has 0 heterocycles. The molecule has 1 unspecified atom stereocenters. The van der Waals surface area contributed by atoms with Gasteiger partial charge in [-0.3, -0.25) is 4.55 Å². The molecule has 13 heavy (non-hydrogen) atoms. The summed E-state index contributed by atoms with van der Waals surface area (Å²) in [6, 6.07) is 0. The zero-order valence-corrected chi connectivity index (χ0v) is 9.10. The monoisotopic (exact) mass is 209 g/mol. The van der Waals surface area contributed by atoms with Gasteiger partial charge in [0.25, 0.3) is 10.1 Å². The molecule has 5 heteroatoms. The van der Waals surface area contributed by atoms with Gasteiger partial charge in [-0.1, -0.05) is 20.3 Å². The van der Waals surface area contributed by atoms with Crippen molar-refractivity contribution in [2.75, 3.05) is 18.8 Å². The predicted octanol–water partition coefficient (Wildman–Crippen LogP) is 0.900. The largest absolute Gasteiger partial charge is 0.316 e. The minimum absolute atomic E-state index is 0.152. The van der Waals surface area contributed by atoms with Crippen LogP contribution in [0.15, 0.2) is 0 Å². The Morgan fingerprint density at radius 1 is 1.46 bits per heavy atom. The van der Waals surface area contributed by atoms with Crippen molar-refractivity contribution in [3.05, 3.63) is 0 Å². The Morgan fingerprint density at radius 3 is 2.54 bits per heavy atom. The van der Waals surface area contributed by atoms with Gasteiger partial charge in [-0.05, 0) is 25.4 Å². The van der Waals surface area contributed by atoms with Crippen molar-refractivity contribution in [2.45, 2.75) is 26.7 Å². The van der Waals surface area contributed by atoms with E-state index in [4.69, 9.17) is 4.55 Å². The highest BCUT2D eigenvalue weighted by Crippen LogP contribution is 1.97. The Hall–Kier alpha value is -0.130. The number of rotatable bonds is 7. The Bertz CT molecular complexity index is 213. The molecule has 0 aliphatic rings. The number of hydrogen-bond donors (Lipinski definition) is 2. The average molecular weight is 209 g/mol. The fraction of sp³-hybridized carbons (Fsp3) is 1.00. The summed E-state index contributed by atoms with van der Waals surface area (Å²) in [5, 5.41) is 3.13. The van der Waals surface area contributed by atoms with E-state index in [0.29, 0.717) is 18.9 Å². The lowest BCUT2D eigenvalue weighted by atomic mass is 10.1. The summed E-state index contributed by atoms with van der Waals surface area (Å²) >= 11 is 0. The minimum atomic E-state index is -3.77. The van der Waals surface area contributed by atoms with Gasteiger partial charge in [-0.25, -0.2) is 0 Å². The van der Waals surface area contributed by atoms with E-state index in [1.165, 1.54) is 0 Å². The SMILES string of the molecule is CCC(C)CNCCCS(=O)(=O)O. The summed E-state index contributed by atoms with van der Waals surface area (Å²) in [6.45, 7) is 5.80. The zero-order chi connectivity index (χ0) is 10.3. The van der Waals surface area contributed by atoms with E-state index in [9.17, 15) is 8.42 Å². The van der Waals surface area contributed by atoms with Crippen molar-refractivity contribution < 1.29 is 13.0 Å². The van der Waals surface area contributed by atoms with Crippen LogP contribution in [0.25, 0.3) is 0 Å². The first-order valence-electron chi connectivity index (χ1n) is 4.61. The number of nitrogens with one attached hydrogen (secondary N) is 1. The van der Waals surface area contributed by atoms with Crippen LogP contribution in [0, 0.1) is 5.92 Å². The van der Waals surface area contributed by atoms with Gasteiger partial charge in [-0.15, -0.1) is 0 Å². The Morgan fingerprint density at radius 2 is 2.08 bits per heavy atom.